The molecule has 1 heterocycles. The van der Waals surface area contributed by atoms with Crippen molar-refractivity contribution in [2.24, 2.45) is 0 Å². The topological polar surface area (TPSA) is 55.6 Å². The highest BCUT2D eigenvalue weighted by molar-refractivity contribution is 7.98. The van der Waals surface area contributed by atoms with Gasteiger partial charge in [-0.2, -0.15) is 0 Å². The van der Waals surface area contributed by atoms with E-state index in [2.05, 4.69) is 52.0 Å². The van der Waals surface area contributed by atoms with E-state index in [4.69, 9.17) is 0 Å². The SMILES string of the molecule is CNCCn1nnnc1SCc1cccc(C)c1. The maximum Gasteiger partial charge on any atom is 0.209 e. The van der Waals surface area contributed by atoms with Crippen molar-refractivity contribution in [3.8, 4) is 0 Å². The van der Waals surface area contributed by atoms with Crippen LogP contribution in [0.5, 0.6) is 0 Å². The maximum absolute atomic E-state index is 4.04. The predicted octanol–water partition coefficient (Wildman–Crippen LogP) is 1.49. The van der Waals surface area contributed by atoms with Gasteiger partial charge in [0.15, 0.2) is 0 Å². The quantitative estimate of drug-likeness (QED) is 0.800. The molecule has 18 heavy (non-hydrogen) atoms. The lowest BCUT2D eigenvalue weighted by Gasteiger charge is -2.04. The van der Waals surface area contributed by atoms with Gasteiger partial charge in [-0.05, 0) is 30.0 Å². The van der Waals surface area contributed by atoms with Gasteiger partial charge in [-0.1, -0.05) is 41.6 Å². The molecule has 2 rings (SSSR count). The smallest absolute Gasteiger partial charge is 0.209 e. The van der Waals surface area contributed by atoms with Crippen molar-refractivity contribution in [2.45, 2.75) is 24.4 Å². The zero-order valence-corrected chi connectivity index (χ0v) is 11.4. The lowest BCUT2D eigenvalue weighted by molar-refractivity contribution is 0.530. The number of likely N-dealkylation sites (N-methyl/N-ethyl adjacent to an activating group) is 1. The Bertz CT molecular complexity index is 497. The molecule has 0 fully saturated rings. The van der Waals surface area contributed by atoms with Gasteiger partial charge in [0, 0.05) is 12.3 Å². The fourth-order valence-electron chi connectivity index (χ4n) is 1.61. The Morgan fingerprint density at radius 3 is 3.06 bits per heavy atom. The molecule has 1 aromatic heterocycles. The Kier molecular flexibility index (Phi) is 4.72. The summed E-state index contributed by atoms with van der Waals surface area (Å²) in [6, 6.07) is 8.50. The number of hydrogen-bond acceptors (Lipinski definition) is 5. The molecule has 0 atom stereocenters. The highest BCUT2D eigenvalue weighted by Gasteiger charge is 2.06. The Labute approximate surface area is 111 Å². The molecule has 96 valence electrons. The molecule has 5 nitrogen and oxygen atoms in total. The van der Waals surface area contributed by atoms with Crippen molar-refractivity contribution in [3.63, 3.8) is 0 Å². The van der Waals surface area contributed by atoms with Gasteiger partial charge in [0.2, 0.25) is 5.16 Å². The summed E-state index contributed by atoms with van der Waals surface area (Å²) in [6.45, 7) is 3.76. The van der Waals surface area contributed by atoms with Crippen molar-refractivity contribution in [3.05, 3.63) is 35.4 Å². The van der Waals surface area contributed by atoms with Crippen LogP contribution >= 0.6 is 11.8 Å². The number of thioether (sulfide) groups is 1. The van der Waals surface area contributed by atoms with E-state index in [1.54, 1.807) is 11.8 Å². The summed E-state index contributed by atoms with van der Waals surface area (Å²) in [5, 5.41) is 15.7. The summed E-state index contributed by atoms with van der Waals surface area (Å²) in [6.07, 6.45) is 0. The van der Waals surface area contributed by atoms with Crippen LogP contribution in [0.4, 0.5) is 0 Å². The van der Waals surface area contributed by atoms with E-state index in [-0.39, 0.29) is 0 Å². The molecule has 0 amide bonds. The van der Waals surface area contributed by atoms with Gasteiger partial charge >= 0.3 is 0 Å². The second-order valence-corrected chi connectivity index (χ2v) is 5.01. The fraction of sp³-hybridized carbons (Fsp3) is 0.417. The van der Waals surface area contributed by atoms with Gasteiger partial charge in [0.25, 0.3) is 0 Å². The Morgan fingerprint density at radius 1 is 1.39 bits per heavy atom. The molecule has 0 aliphatic heterocycles. The number of benzene rings is 1. The molecule has 0 aliphatic rings. The van der Waals surface area contributed by atoms with E-state index in [1.165, 1.54) is 11.1 Å². The summed E-state index contributed by atoms with van der Waals surface area (Å²) in [7, 11) is 1.92. The van der Waals surface area contributed by atoms with Crippen LogP contribution in [-0.2, 0) is 12.3 Å². The van der Waals surface area contributed by atoms with Gasteiger partial charge in [-0.3, -0.25) is 0 Å². The summed E-state index contributed by atoms with van der Waals surface area (Å²) < 4.78 is 1.83. The van der Waals surface area contributed by atoms with Gasteiger partial charge in [-0.15, -0.1) is 5.10 Å². The monoisotopic (exact) mass is 263 g/mol. The average Bonchev–Trinajstić information content (AvgIpc) is 2.81. The van der Waals surface area contributed by atoms with Gasteiger partial charge in [-0.25, -0.2) is 4.68 Å². The third-order valence-corrected chi connectivity index (χ3v) is 3.55. The molecule has 1 N–H and O–H groups in total. The normalized spacial score (nSPS) is 10.8. The lowest BCUT2D eigenvalue weighted by Crippen LogP contribution is -2.16. The van der Waals surface area contributed by atoms with Crippen LogP contribution in [-0.4, -0.2) is 33.8 Å². The van der Waals surface area contributed by atoms with Crippen LogP contribution < -0.4 is 5.32 Å². The molecule has 0 saturated carbocycles. The number of hydrogen-bond donors (Lipinski definition) is 1. The van der Waals surface area contributed by atoms with Gasteiger partial charge in [0.05, 0.1) is 6.54 Å². The standard InChI is InChI=1S/C12H17N5S/c1-10-4-3-5-11(8-10)9-18-12-14-15-16-17(12)7-6-13-2/h3-5,8,13H,6-7,9H2,1-2H3. The maximum atomic E-state index is 4.04. The minimum Gasteiger partial charge on any atom is -0.318 e. The van der Waals surface area contributed by atoms with E-state index in [0.717, 1.165) is 24.0 Å². The first-order valence-electron chi connectivity index (χ1n) is 5.88. The van der Waals surface area contributed by atoms with Crippen molar-refractivity contribution < 1.29 is 0 Å². The molecule has 0 spiro atoms. The molecular weight excluding hydrogens is 246 g/mol. The van der Waals surface area contributed by atoms with E-state index in [9.17, 15) is 0 Å². The third kappa shape index (κ3) is 3.54. The van der Waals surface area contributed by atoms with Crippen molar-refractivity contribution in [1.82, 2.24) is 25.5 Å². The number of nitrogens with zero attached hydrogens (tertiary/aromatic N) is 4. The van der Waals surface area contributed by atoms with Crippen molar-refractivity contribution in [2.75, 3.05) is 13.6 Å². The Morgan fingerprint density at radius 2 is 2.28 bits per heavy atom. The number of rotatable bonds is 6. The molecule has 6 heteroatoms. The summed E-state index contributed by atoms with van der Waals surface area (Å²) >= 11 is 1.67. The largest absolute Gasteiger partial charge is 0.318 e. The van der Waals surface area contributed by atoms with Crippen LogP contribution in [0.1, 0.15) is 11.1 Å². The summed E-state index contributed by atoms with van der Waals surface area (Å²) in [5.74, 6) is 0.890. The molecular formula is C12H17N5S. The fourth-order valence-corrected chi connectivity index (χ4v) is 2.45. The first-order chi connectivity index (χ1) is 8.79. The molecule has 0 unspecified atom stereocenters. The van der Waals surface area contributed by atoms with E-state index in [0.29, 0.717) is 0 Å². The highest BCUT2D eigenvalue weighted by Crippen LogP contribution is 2.20. The van der Waals surface area contributed by atoms with Crippen LogP contribution in [0, 0.1) is 6.92 Å². The summed E-state index contributed by atoms with van der Waals surface area (Å²) in [4.78, 5) is 0. The molecule has 0 bridgehead atoms. The lowest BCUT2D eigenvalue weighted by atomic mass is 10.2. The second-order valence-electron chi connectivity index (χ2n) is 4.07. The van der Waals surface area contributed by atoms with Crippen molar-refractivity contribution >= 4 is 11.8 Å². The highest BCUT2D eigenvalue weighted by atomic mass is 32.2. The number of aryl methyl sites for hydroxylation is 1. The van der Waals surface area contributed by atoms with Crippen LogP contribution in [0.3, 0.4) is 0 Å². The molecule has 0 saturated heterocycles. The first kappa shape index (κ1) is 13.0. The minimum absolute atomic E-state index is 0.791. The van der Waals surface area contributed by atoms with E-state index >= 15 is 0 Å². The second kappa shape index (κ2) is 6.51. The van der Waals surface area contributed by atoms with Gasteiger partial charge in [0.1, 0.15) is 0 Å². The first-order valence-corrected chi connectivity index (χ1v) is 6.87. The molecule has 0 radical (unpaired) electrons. The minimum atomic E-state index is 0.791. The Balaban J connectivity index is 1.95. The van der Waals surface area contributed by atoms with E-state index in [1.807, 2.05) is 11.7 Å². The number of nitrogens with one attached hydrogen (secondary N) is 1. The zero-order chi connectivity index (χ0) is 12.8. The molecule has 1 aromatic carbocycles. The van der Waals surface area contributed by atoms with Crippen LogP contribution in [0.25, 0.3) is 0 Å². The van der Waals surface area contributed by atoms with E-state index < -0.39 is 0 Å². The van der Waals surface area contributed by atoms with Crippen LogP contribution in [0.2, 0.25) is 0 Å². The molecule has 2 aromatic rings. The summed E-state index contributed by atoms with van der Waals surface area (Å²) in [5.41, 5.74) is 2.58. The molecule has 0 aliphatic carbocycles. The third-order valence-electron chi connectivity index (χ3n) is 2.52. The Hall–Kier alpha value is -1.40. The number of tetrazole rings is 1. The number of aromatic nitrogens is 4. The van der Waals surface area contributed by atoms with Crippen LogP contribution in [0.15, 0.2) is 29.4 Å². The predicted molar refractivity (Wildman–Crippen MR) is 72.5 cm³/mol. The average molecular weight is 263 g/mol. The van der Waals surface area contributed by atoms with Crippen molar-refractivity contribution in [1.29, 1.82) is 0 Å². The zero-order valence-electron chi connectivity index (χ0n) is 10.6. The van der Waals surface area contributed by atoms with Gasteiger partial charge < -0.3 is 5.32 Å².